The highest BCUT2D eigenvalue weighted by Crippen LogP contribution is 2.08. The zero-order valence-corrected chi connectivity index (χ0v) is 12.8. The first-order chi connectivity index (χ1) is 8.35. The van der Waals surface area contributed by atoms with E-state index >= 15 is 0 Å². The van der Waals surface area contributed by atoms with Crippen molar-refractivity contribution in [3.05, 3.63) is 0 Å². The maximum absolute atomic E-state index is 10.7. The highest BCUT2D eigenvalue weighted by Gasteiger charge is 2.16. The van der Waals surface area contributed by atoms with Gasteiger partial charge in [0.25, 0.3) is 0 Å². The number of ketones is 1. The van der Waals surface area contributed by atoms with E-state index in [4.69, 9.17) is 19.7 Å². The van der Waals surface area contributed by atoms with Crippen LogP contribution in [-0.2, 0) is 14.3 Å². The Bertz CT molecular complexity index is 232. The van der Waals surface area contributed by atoms with Crippen molar-refractivity contribution in [3.63, 3.8) is 0 Å². The Kier molecular flexibility index (Phi) is 10.3. The van der Waals surface area contributed by atoms with Gasteiger partial charge in [0, 0.05) is 13.5 Å². The van der Waals surface area contributed by atoms with Crippen molar-refractivity contribution in [2.24, 2.45) is 0 Å². The maximum atomic E-state index is 10.7. The van der Waals surface area contributed by atoms with Crippen molar-refractivity contribution >= 4 is 5.78 Å². The summed E-state index contributed by atoms with van der Waals surface area (Å²) in [5, 5.41) is 25.4. The van der Waals surface area contributed by atoms with E-state index in [0.717, 1.165) is 0 Å². The van der Waals surface area contributed by atoms with E-state index in [1.165, 1.54) is 13.8 Å². The lowest BCUT2D eigenvalue weighted by atomic mass is 10.1. The molecule has 0 rings (SSSR count). The van der Waals surface area contributed by atoms with Gasteiger partial charge in [-0.3, -0.25) is 0 Å². The van der Waals surface area contributed by atoms with Gasteiger partial charge in [-0.2, -0.15) is 0 Å². The summed E-state index contributed by atoms with van der Waals surface area (Å²) in [5.41, 5.74) is 0. The van der Waals surface area contributed by atoms with Crippen molar-refractivity contribution in [2.45, 2.75) is 65.1 Å². The lowest BCUT2D eigenvalue weighted by Gasteiger charge is -2.22. The van der Waals surface area contributed by atoms with Crippen LogP contribution in [0.25, 0.3) is 0 Å². The van der Waals surface area contributed by atoms with Crippen LogP contribution in [0.3, 0.4) is 0 Å². The average Bonchev–Trinajstić information content (AvgIpc) is 2.13. The molecule has 0 aliphatic heterocycles. The summed E-state index contributed by atoms with van der Waals surface area (Å²) >= 11 is 0. The van der Waals surface area contributed by atoms with Gasteiger partial charge in [0.1, 0.15) is 5.78 Å². The molecule has 0 spiro atoms. The fraction of sp³-hybridized carbons (Fsp3) is 0.923. The fourth-order valence-electron chi connectivity index (χ4n) is 0.930. The van der Waals surface area contributed by atoms with Crippen LogP contribution >= 0.6 is 0 Å². The number of hydrogen-bond donors (Lipinski definition) is 3. The zero-order chi connectivity index (χ0) is 15.7. The van der Waals surface area contributed by atoms with Crippen LogP contribution < -0.4 is 0 Å². The summed E-state index contributed by atoms with van der Waals surface area (Å²) in [5.74, 6) is -2.51. The number of ether oxygens (including phenoxy) is 2. The van der Waals surface area contributed by atoms with Crippen molar-refractivity contribution in [1.82, 2.24) is 0 Å². The monoisotopic (exact) mass is 280 g/mol. The normalized spacial score (nSPS) is 13.5. The van der Waals surface area contributed by atoms with E-state index in [1.807, 2.05) is 0 Å². The maximum Gasteiger partial charge on any atom is 0.159 e. The second-order valence-corrected chi connectivity index (χ2v) is 5.35. The number of hydrogen-bond acceptors (Lipinski definition) is 6. The van der Waals surface area contributed by atoms with Crippen LogP contribution in [-0.4, -0.2) is 52.5 Å². The second-order valence-electron chi connectivity index (χ2n) is 5.35. The molecule has 1 atom stereocenters. The Morgan fingerprint density at radius 1 is 1.16 bits per heavy atom. The molecule has 0 radical (unpaired) electrons. The molecule has 6 heteroatoms. The van der Waals surface area contributed by atoms with Gasteiger partial charge in [-0.05, 0) is 41.0 Å². The topological polar surface area (TPSA) is 96.2 Å². The van der Waals surface area contributed by atoms with Crippen LogP contribution in [0.1, 0.15) is 47.5 Å². The molecular weight excluding hydrogens is 252 g/mol. The van der Waals surface area contributed by atoms with Crippen LogP contribution in [0.4, 0.5) is 0 Å². The SMILES string of the molecule is CC(C)(O)O.COC(CCC(C)=O)COC(C)(C)O. The molecule has 0 aromatic rings. The lowest BCUT2D eigenvalue weighted by molar-refractivity contribution is -0.193. The first kappa shape index (κ1) is 20.8. The zero-order valence-electron chi connectivity index (χ0n) is 12.8. The summed E-state index contributed by atoms with van der Waals surface area (Å²) < 4.78 is 10.2. The summed E-state index contributed by atoms with van der Waals surface area (Å²) in [7, 11) is 1.57. The van der Waals surface area contributed by atoms with Gasteiger partial charge in [-0.1, -0.05) is 0 Å². The minimum Gasteiger partial charge on any atom is -0.379 e. The van der Waals surface area contributed by atoms with Gasteiger partial charge >= 0.3 is 0 Å². The summed E-state index contributed by atoms with van der Waals surface area (Å²) in [6.45, 7) is 7.56. The third-order valence-corrected chi connectivity index (χ3v) is 1.77. The van der Waals surface area contributed by atoms with Crippen LogP contribution in [0.15, 0.2) is 0 Å². The number of rotatable bonds is 7. The summed E-state index contributed by atoms with van der Waals surface area (Å²) in [6, 6.07) is 0. The minimum atomic E-state index is -1.50. The molecular formula is C13H28O6. The standard InChI is InChI=1S/C10H20O4.C3H8O2/c1-8(11)5-6-9(13-4)7-14-10(2,3)12;1-3(2,4)5/h9,12H,5-7H2,1-4H3;4-5H,1-2H3. The molecule has 116 valence electrons. The van der Waals surface area contributed by atoms with E-state index in [-0.39, 0.29) is 11.9 Å². The third kappa shape index (κ3) is 26.9. The molecule has 0 bridgehead atoms. The number of carbonyl (C=O) groups is 1. The molecule has 0 aromatic carbocycles. The molecule has 19 heavy (non-hydrogen) atoms. The first-order valence-electron chi connectivity index (χ1n) is 6.18. The van der Waals surface area contributed by atoms with Gasteiger partial charge < -0.3 is 29.6 Å². The Labute approximate surface area is 115 Å². The van der Waals surface area contributed by atoms with Crippen molar-refractivity contribution in [2.75, 3.05) is 13.7 Å². The van der Waals surface area contributed by atoms with Crippen molar-refractivity contribution in [1.29, 1.82) is 0 Å². The molecule has 0 saturated carbocycles. The number of methoxy groups -OCH3 is 1. The first-order valence-corrected chi connectivity index (χ1v) is 6.18. The molecule has 0 aromatic heterocycles. The van der Waals surface area contributed by atoms with Crippen LogP contribution in [0.2, 0.25) is 0 Å². The van der Waals surface area contributed by atoms with E-state index < -0.39 is 11.6 Å². The van der Waals surface area contributed by atoms with Crippen molar-refractivity contribution in [3.8, 4) is 0 Å². The largest absolute Gasteiger partial charge is 0.379 e. The number of aliphatic hydroxyl groups is 3. The molecule has 3 N–H and O–H groups in total. The van der Waals surface area contributed by atoms with Crippen LogP contribution in [0.5, 0.6) is 0 Å². The Hall–Kier alpha value is -0.530. The third-order valence-electron chi connectivity index (χ3n) is 1.77. The predicted octanol–water partition coefficient (Wildman–Crippen LogP) is 0.823. The lowest BCUT2D eigenvalue weighted by Crippen LogP contribution is -2.29. The van der Waals surface area contributed by atoms with E-state index in [9.17, 15) is 9.90 Å². The molecule has 0 fully saturated rings. The Morgan fingerprint density at radius 2 is 1.58 bits per heavy atom. The van der Waals surface area contributed by atoms with Gasteiger partial charge in [-0.15, -0.1) is 0 Å². The highest BCUT2D eigenvalue weighted by atomic mass is 16.6. The summed E-state index contributed by atoms with van der Waals surface area (Å²) in [6.07, 6.45) is 0.973. The van der Waals surface area contributed by atoms with E-state index in [1.54, 1.807) is 27.9 Å². The molecule has 6 nitrogen and oxygen atoms in total. The minimum absolute atomic E-state index is 0.134. The van der Waals surface area contributed by atoms with Gasteiger partial charge in [0.05, 0.1) is 12.7 Å². The molecule has 0 aliphatic rings. The smallest absolute Gasteiger partial charge is 0.159 e. The molecule has 0 heterocycles. The van der Waals surface area contributed by atoms with E-state index in [0.29, 0.717) is 19.4 Å². The number of Topliss-reactive ketones (excluding diaryl/α,β-unsaturated/α-hetero) is 1. The van der Waals surface area contributed by atoms with Crippen molar-refractivity contribution < 1.29 is 29.6 Å². The number of carbonyl (C=O) groups excluding carboxylic acids is 1. The highest BCUT2D eigenvalue weighted by molar-refractivity contribution is 5.75. The second kappa shape index (κ2) is 9.39. The molecule has 1 unspecified atom stereocenters. The average molecular weight is 280 g/mol. The summed E-state index contributed by atoms with van der Waals surface area (Å²) in [4.78, 5) is 10.7. The predicted molar refractivity (Wildman–Crippen MR) is 71.5 cm³/mol. The molecule has 0 amide bonds. The Balaban J connectivity index is 0. The van der Waals surface area contributed by atoms with Gasteiger partial charge in [0.2, 0.25) is 0 Å². The van der Waals surface area contributed by atoms with Crippen LogP contribution in [0, 0.1) is 0 Å². The quantitative estimate of drug-likeness (QED) is 0.598. The van der Waals surface area contributed by atoms with E-state index in [2.05, 4.69) is 0 Å². The van der Waals surface area contributed by atoms with Gasteiger partial charge in [0.15, 0.2) is 11.6 Å². The van der Waals surface area contributed by atoms with Gasteiger partial charge in [-0.25, -0.2) is 0 Å². The Morgan fingerprint density at radius 3 is 1.84 bits per heavy atom. The fourth-order valence-corrected chi connectivity index (χ4v) is 0.930. The molecule has 0 saturated heterocycles. The molecule has 0 aliphatic carbocycles.